The molecule has 1 N–H and O–H groups in total. The lowest BCUT2D eigenvalue weighted by Gasteiger charge is -2.33. The minimum absolute atomic E-state index is 0.0301. The first-order chi connectivity index (χ1) is 11.0. The van der Waals surface area contributed by atoms with E-state index in [2.05, 4.69) is 5.32 Å². The third-order valence-electron chi connectivity index (χ3n) is 4.06. The molecule has 1 aliphatic heterocycles. The van der Waals surface area contributed by atoms with Crippen molar-refractivity contribution in [1.29, 1.82) is 0 Å². The quantitative estimate of drug-likeness (QED) is 0.897. The van der Waals surface area contributed by atoms with Crippen LogP contribution in [0.25, 0.3) is 0 Å². The van der Waals surface area contributed by atoms with Crippen molar-refractivity contribution in [2.45, 2.75) is 38.6 Å². The summed E-state index contributed by atoms with van der Waals surface area (Å²) in [6.07, 6.45) is 2.54. The standard InChI is InChI=1S/C17H23ClN2O3/c1-3-16(21)19-13-5-4-8-20(11-13)17(22)9-12-6-7-14(23-2)10-15(12)18/h6-7,10,13H,3-5,8-9,11H2,1-2H3,(H,19,21). The molecule has 1 unspecified atom stereocenters. The van der Waals surface area contributed by atoms with Gasteiger partial charge in [0.1, 0.15) is 5.75 Å². The number of rotatable bonds is 5. The molecule has 5 nitrogen and oxygen atoms in total. The smallest absolute Gasteiger partial charge is 0.227 e. The summed E-state index contributed by atoms with van der Waals surface area (Å²) in [5, 5.41) is 3.50. The number of nitrogens with zero attached hydrogens (tertiary/aromatic N) is 1. The molecule has 0 saturated carbocycles. The van der Waals surface area contributed by atoms with Crippen LogP contribution in [0.5, 0.6) is 5.75 Å². The van der Waals surface area contributed by atoms with Gasteiger partial charge in [-0.25, -0.2) is 0 Å². The van der Waals surface area contributed by atoms with E-state index in [1.165, 1.54) is 0 Å². The Kier molecular flexibility index (Phi) is 6.28. The Labute approximate surface area is 141 Å². The maximum absolute atomic E-state index is 12.5. The predicted molar refractivity (Wildman–Crippen MR) is 89.7 cm³/mol. The molecule has 1 fully saturated rings. The van der Waals surface area contributed by atoms with Crippen molar-refractivity contribution >= 4 is 23.4 Å². The van der Waals surface area contributed by atoms with E-state index in [9.17, 15) is 9.59 Å². The van der Waals surface area contributed by atoms with Gasteiger partial charge in [0.25, 0.3) is 0 Å². The Hall–Kier alpha value is -1.75. The number of piperidine rings is 1. The first kappa shape index (κ1) is 17.6. The van der Waals surface area contributed by atoms with Gasteiger partial charge in [-0.15, -0.1) is 0 Å². The highest BCUT2D eigenvalue weighted by atomic mass is 35.5. The number of carbonyl (C=O) groups excluding carboxylic acids is 2. The molecule has 1 saturated heterocycles. The zero-order chi connectivity index (χ0) is 16.8. The first-order valence-electron chi connectivity index (χ1n) is 7.93. The van der Waals surface area contributed by atoms with Crippen LogP contribution >= 0.6 is 11.6 Å². The third-order valence-corrected chi connectivity index (χ3v) is 4.41. The van der Waals surface area contributed by atoms with E-state index in [1.54, 1.807) is 19.2 Å². The lowest BCUT2D eigenvalue weighted by molar-refractivity contribution is -0.133. The lowest BCUT2D eigenvalue weighted by Crippen LogP contribution is -2.49. The number of halogens is 1. The fraction of sp³-hybridized carbons (Fsp3) is 0.529. The number of likely N-dealkylation sites (tertiary alicyclic amines) is 1. The number of hydrogen-bond acceptors (Lipinski definition) is 3. The van der Waals surface area contributed by atoms with Crippen LogP contribution in [-0.4, -0.2) is 43.0 Å². The van der Waals surface area contributed by atoms with Gasteiger partial charge in [0, 0.05) is 30.6 Å². The molecule has 1 aromatic carbocycles. The van der Waals surface area contributed by atoms with Crippen LogP contribution in [0.15, 0.2) is 18.2 Å². The highest BCUT2D eigenvalue weighted by molar-refractivity contribution is 6.31. The van der Waals surface area contributed by atoms with Crippen LogP contribution in [-0.2, 0) is 16.0 Å². The molecule has 1 aromatic rings. The molecule has 0 bridgehead atoms. The van der Waals surface area contributed by atoms with E-state index >= 15 is 0 Å². The molecule has 1 aliphatic rings. The summed E-state index contributed by atoms with van der Waals surface area (Å²) in [5.74, 6) is 0.738. The summed E-state index contributed by atoms with van der Waals surface area (Å²) >= 11 is 6.20. The average molecular weight is 339 g/mol. The second kappa shape index (κ2) is 8.20. The van der Waals surface area contributed by atoms with Gasteiger partial charge in [0.05, 0.1) is 13.5 Å². The van der Waals surface area contributed by atoms with Gasteiger partial charge in [-0.3, -0.25) is 9.59 Å². The number of benzene rings is 1. The molecular formula is C17H23ClN2O3. The van der Waals surface area contributed by atoms with E-state index in [1.807, 2.05) is 17.9 Å². The van der Waals surface area contributed by atoms with Gasteiger partial charge in [0.2, 0.25) is 11.8 Å². The fourth-order valence-electron chi connectivity index (χ4n) is 2.72. The van der Waals surface area contributed by atoms with Crippen LogP contribution in [0.2, 0.25) is 5.02 Å². The Balaban J connectivity index is 1.96. The molecule has 0 spiro atoms. The number of hydrogen-bond donors (Lipinski definition) is 1. The first-order valence-corrected chi connectivity index (χ1v) is 8.30. The van der Waals surface area contributed by atoms with Gasteiger partial charge in [-0.05, 0) is 30.5 Å². The second-order valence-electron chi connectivity index (χ2n) is 5.73. The summed E-state index contributed by atoms with van der Waals surface area (Å²) in [6, 6.07) is 5.38. The zero-order valence-corrected chi connectivity index (χ0v) is 14.4. The number of ether oxygens (including phenoxy) is 1. The molecule has 6 heteroatoms. The van der Waals surface area contributed by atoms with Crippen molar-refractivity contribution in [3.8, 4) is 5.75 Å². The molecule has 23 heavy (non-hydrogen) atoms. The second-order valence-corrected chi connectivity index (χ2v) is 6.14. The van der Waals surface area contributed by atoms with E-state index in [4.69, 9.17) is 16.3 Å². The minimum atomic E-state index is 0.0301. The topological polar surface area (TPSA) is 58.6 Å². The SMILES string of the molecule is CCC(=O)NC1CCCN(C(=O)Cc2ccc(OC)cc2Cl)C1. The van der Waals surface area contributed by atoms with Crippen molar-refractivity contribution in [1.82, 2.24) is 10.2 Å². The molecular weight excluding hydrogens is 316 g/mol. The zero-order valence-electron chi connectivity index (χ0n) is 13.6. The monoisotopic (exact) mass is 338 g/mol. The van der Waals surface area contributed by atoms with Crippen molar-refractivity contribution < 1.29 is 14.3 Å². The normalized spacial score (nSPS) is 17.7. The van der Waals surface area contributed by atoms with Gasteiger partial charge >= 0.3 is 0 Å². The Morgan fingerprint density at radius 2 is 2.22 bits per heavy atom. The number of carbonyl (C=O) groups is 2. The highest BCUT2D eigenvalue weighted by Crippen LogP contribution is 2.23. The Morgan fingerprint density at radius 3 is 2.87 bits per heavy atom. The van der Waals surface area contributed by atoms with Crippen LogP contribution in [0, 0.1) is 0 Å². The Bertz CT molecular complexity index is 577. The maximum Gasteiger partial charge on any atom is 0.227 e. The lowest BCUT2D eigenvalue weighted by atomic mass is 10.0. The number of amides is 2. The Morgan fingerprint density at radius 1 is 1.43 bits per heavy atom. The summed E-state index contributed by atoms with van der Waals surface area (Å²) in [4.78, 5) is 25.8. The van der Waals surface area contributed by atoms with Gasteiger partial charge in [-0.2, -0.15) is 0 Å². The van der Waals surface area contributed by atoms with E-state index in [0.29, 0.717) is 23.7 Å². The average Bonchev–Trinajstić information content (AvgIpc) is 2.56. The van der Waals surface area contributed by atoms with Crippen LogP contribution in [0.4, 0.5) is 0 Å². The highest BCUT2D eigenvalue weighted by Gasteiger charge is 2.24. The largest absolute Gasteiger partial charge is 0.497 e. The van der Waals surface area contributed by atoms with Crippen molar-refractivity contribution in [2.75, 3.05) is 20.2 Å². The molecule has 126 valence electrons. The van der Waals surface area contributed by atoms with Gasteiger partial charge in [0.15, 0.2) is 0 Å². The fourth-order valence-corrected chi connectivity index (χ4v) is 2.96. The van der Waals surface area contributed by atoms with E-state index < -0.39 is 0 Å². The van der Waals surface area contributed by atoms with E-state index in [0.717, 1.165) is 24.9 Å². The van der Waals surface area contributed by atoms with Gasteiger partial charge in [-0.1, -0.05) is 24.6 Å². The molecule has 0 aliphatic carbocycles. The minimum Gasteiger partial charge on any atom is -0.497 e. The van der Waals surface area contributed by atoms with Crippen molar-refractivity contribution in [3.05, 3.63) is 28.8 Å². The van der Waals surface area contributed by atoms with Crippen molar-refractivity contribution in [3.63, 3.8) is 0 Å². The summed E-state index contributed by atoms with van der Waals surface area (Å²) < 4.78 is 5.11. The molecule has 2 amide bonds. The van der Waals surface area contributed by atoms with Gasteiger partial charge < -0.3 is 15.0 Å². The summed E-state index contributed by atoms with van der Waals surface area (Å²) in [7, 11) is 1.58. The van der Waals surface area contributed by atoms with Crippen LogP contribution in [0.1, 0.15) is 31.7 Å². The number of methoxy groups -OCH3 is 1. The van der Waals surface area contributed by atoms with Crippen LogP contribution in [0.3, 0.4) is 0 Å². The molecule has 2 rings (SSSR count). The van der Waals surface area contributed by atoms with E-state index in [-0.39, 0.29) is 24.3 Å². The maximum atomic E-state index is 12.5. The predicted octanol–water partition coefficient (Wildman–Crippen LogP) is 2.41. The van der Waals surface area contributed by atoms with Crippen molar-refractivity contribution in [2.24, 2.45) is 0 Å². The summed E-state index contributed by atoms with van der Waals surface area (Å²) in [6.45, 7) is 3.12. The molecule has 1 atom stereocenters. The molecule has 1 heterocycles. The third kappa shape index (κ3) is 4.86. The number of nitrogens with one attached hydrogen (secondary N) is 1. The molecule has 0 radical (unpaired) electrons. The van der Waals surface area contributed by atoms with Crippen LogP contribution < -0.4 is 10.1 Å². The summed E-state index contributed by atoms with van der Waals surface area (Å²) in [5.41, 5.74) is 0.789. The molecule has 0 aromatic heterocycles.